The molecule has 0 saturated heterocycles. The van der Waals surface area contributed by atoms with E-state index in [2.05, 4.69) is 27.8 Å². The highest BCUT2D eigenvalue weighted by Crippen LogP contribution is 2.11. The fourth-order valence-electron chi connectivity index (χ4n) is 1.92. The Labute approximate surface area is 125 Å². The summed E-state index contributed by atoms with van der Waals surface area (Å²) in [7, 11) is 3.43. The maximum atomic E-state index is 5.27. The van der Waals surface area contributed by atoms with Gasteiger partial charge in [-0.25, -0.2) is 0 Å². The monoisotopic (exact) mass is 287 g/mol. The van der Waals surface area contributed by atoms with Crippen molar-refractivity contribution in [3.63, 3.8) is 0 Å². The molecule has 0 amide bonds. The Balaban J connectivity index is 1.72. The van der Waals surface area contributed by atoms with Crippen molar-refractivity contribution < 1.29 is 9.15 Å². The molecule has 0 saturated carbocycles. The lowest BCUT2D eigenvalue weighted by atomic mass is 10.1. The number of nitrogens with one attached hydrogen (secondary N) is 2. The van der Waals surface area contributed by atoms with Crippen molar-refractivity contribution in [3.8, 4) is 5.75 Å². The van der Waals surface area contributed by atoms with E-state index in [4.69, 9.17) is 9.15 Å². The third-order valence-corrected chi connectivity index (χ3v) is 3.10. The van der Waals surface area contributed by atoms with Gasteiger partial charge in [0.2, 0.25) is 0 Å². The maximum absolute atomic E-state index is 5.27. The van der Waals surface area contributed by atoms with Crippen LogP contribution in [0.25, 0.3) is 0 Å². The van der Waals surface area contributed by atoms with Crippen LogP contribution in [0.3, 0.4) is 0 Å². The first kappa shape index (κ1) is 15.0. The molecule has 0 aliphatic rings. The number of benzene rings is 1. The molecule has 0 bridgehead atoms. The lowest BCUT2D eigenvalue weighted by molar-refractivity contribution is 0.414. The first-order valence-corrected chi connectivity index (χ1v) is 6.91. The van der Waals surface area contributed by atoms with Crippen molar-refractivity contribution in [2.75, 3.05) is 20.7 Å². The maximum Gasteiger partial charge on any atom is 0.191 e. The van der Waals surface area contributed by atoms with Gasteiger partial charge in [-0.15, -0.1) is 0 Å². The van der Waals surface area contributed by atoms with E-state index in [-0.39, 0.29) is 0 Å². The van der Waals surface area contributed by atoms with Gasteiger partial charge in [0.25, 0.3) is 0 Å². The summed E-state index contributed by atoms with van der Waals surface area (Å²) in [5, 5.41) is 6.48. The summed E-state index contributed by atoms with van der Waals surface area (Å²) in [5.41, 5.74) is 1.25. The Morgan fingerprint density at radius 1 is 1.19 bits per heavy atom. The van der Waals surface area contributed by atoms with Gasteiger partial charge in [0.15, 0.2) is 5.96 Å². The van der Waals surface area contributed by atoms with Gasteiger partial charge in [-0.05, 0) is 36.2 Å². The fraction of sp³-hybridized carbons (Fsp3) is 0.312. The molecule has 2 aromatic rings. The molecule has 0 radical (unpaired) electrons. The van der Waals surface area contributed by atoms with Gasteiger partial charge in [-0.1, -0.05) is 12.1 Å². The minimum Gasteiger partial charge on any atom is -0.497 e. The molecule has 5 nitrogen and oxygen atoms in total. The number of guanidine groups is 1. The lowest BCUT2D eigenvalue weighted by Gasteiger charge is -2.11. The van der Waals surface area contributed by atoms with E-state index in [0.29, 0.717) is 6.54 Å². The van der Waals surface area contributed by atoms with Crippen LogP contribution in [0.5, 0.6) is 5.75 Å². The third-order valence-electron chi connectivity index (χ3n) is 3.10. The molecular formula is C16H21N3O2. The fourth-order valence-corrected chi connectivity index (χ4v) is 1.92. The van der Waals surface area contributed by atoms with Crippen LogP contribution in [0, 0.1) is 0 Å². The second-order valence-corrected chi connectivity index (χ2v) is 4.53. The van der Waals surface area contributed by atoms with Crippen molar-refractivity contribution in [2.45, 2.75) is 13.0 Å². The molecule has 21 heavy (non-hydrogen) atoms. The van der Waals surface area contributed by atoms with Gasteiger partial charge in [-0.2, -0.15) is 0 Å². The predicted molar refractivity (Wildman–Crippen MR) is 83.6 cm³/mol. The molecule has 5 heteroatoms. The molecule has 0 aliphatic carbocycles. The SMILES string of the molecule is CN=C(NCCc1ccc(OC)cc1)NCc1ccco1. The zero-order valence-electron chi connectivity index (χ0n) is 12.4. The van der Waals surface area contributed by atoms with Crippen LogP contribution in [0.2, 0.25) is 0 Å². The summed E-state index contributed by atoms with van der Waals surface area (Å²) < 4.78 is 10.4. The summed E-state index contributed by atoms with van der Waals surface area (Å²) in [6.45, 7) is 1.43. The molecule has 0 unspecified atom stereocenters. The number of ether oxygens (including phenoxy) is 1. The predicted octanol–water partition coefficient (Wildman–Crippen LogP) is 2.20. The van der Waals surface area contributed by atoms with E-state index in [1.54, 1.807) is 20.4 Å². The van der Waals surface area contributed by atoms with Crippen LogP contribution >= 0.6 is 0 Å². The summed E-state index contributed by atoms with van der Waals surface area (Å²) in [4.78, 5) is 4.18. The number of hydrogen-bond acceptors (Lipinski definition) is 3. The van der Waals surface area contributed by atoms with Gasteiger partial charge in [-0.3, -0.25) is 4.99 Å². The summed E-state index contributed by atoms with van der Waals surface area (Å²) in [6.07, 6.45) is 2.59. The number of methoxy groups -OCH3 is 1. The van der Waals surface area contributed by atoms with Gasteiger partial charge in [0.05, 0.1) is 19.9 Å². The Morgan fingerprint density at radius 2 is 2.00 bits per heavy atom. The van der Waals surface area contributed by atoms with E-state index >= 15 is 0 Å². The molecule has 0 aliphatic heterocycles. The van der Waals surface area contributed by atoms with Crippen LogP contribution in [0.1, 0.15) is 11.3 Å². The lowest BCUT2D eigenvalue weighted by Crippen LogP contribution is -2.37. The summed E-state index contributed by atoms with van der Waals surface area (Å²) in [5.74, 6) is 2.52. The summed E-state index contributed by atoms with van der Waals surface area (Å²) >= 11 is 0. The van der Waals surface area contributed by atoms with Gasteiger partial charge >= 0.3 is 0 Å². The minimum atomic E-state index is 0.620. The van der Waals surface area contributed by atoms with Crippen molar-refractivity contribution >= 4 is 5.96 Å². The molecule has 1 aromatic carbocycles. The number of nitrogens with zero attached hydrogens (tertiary/aromatic N) is 1. The highest BCUT2D eigenvalue weighted by Gasteiger charge is 2.00. The molecule has 2 N–H and O–H groups in total. The Morgan fingerprint density at radius 3 is 2.62 bits per heavy atom. The smallest absolute Gasteiger partial charge is 0.191 e. The molecule has 2 rings (SSSR count). The average Bonchev–Trinajstić information content (AvgIpc) is 3.04. The Bertz CT molecular complexity index is 547. The largest absolute Gasteiger partial charge is 0.497 e. The summed E-state index contributed by atoms with van der Waals surface area (Å²) in [6, 6.07) is 11.9. The number of hydrogen-bond donors (Lipinski definition) is 2. The van der Waals surface area contributed by atoms with E-state index in [9.17, 15) is 0 Å². The van der Waals surface area contributed by atoms with Crippen molar-refractivity contribution in [3.05, 3.63) is 54.0 Å². The highest BCUT2D eigenvalue weighted by atomic mass is 16.5. The third kappa shape index (κ3) is 4.87. The molecule has 0 atom stereocenters. The van der Waals surface area contributed by atoms with Crippen LogP contribution in [0.15, 0.2) is 52.1 Å². The number of furan rings is 1. The molecular weight excluding hydrogens is 266 g/mol. The van der Waals surface area contributed by atoms with E-state index in [1.807, 2.05) is 24.3 Å². The standard InChI is InChI=1S/C16H21N3O2/c1-17-16(19-12-15-4-3-11-21-15)18-10-9-13-5-7-14(20-2)8-6-13/h3-8,11H,9-10,12H2,1-2H3,(H2,17,18,19). The first-order chi connectivity index (χ1) is 10.3. The Hall–Kier alpha value is -2.43. The topological polar surface area (TPSA) is 58.8 Å². The molecule has 112 valence electrons. The van der Waals surface area contributed by atoms with Crippen LogP contribution in [-0.2, 0) is 13.0 Å². The van der Waals surface area contributed by atoms with Crippen LogP contribution < -0.4 is 15.4 Å². The molecule has 0 spiro atoms. The van der Waals surface area contributed by atoms with E-state index < -0.39 is 0 Å². The van der Waals surface area contributed by atoms with Gasteiger partial charge < -0.3 is 19.8 Å². The second kappa shape index (κ2) is 7.99. The molecule has 1 heterocycles. The van der Waals surface area contributed by atoms with E-state index in [0.717, 1.165) is 30.4 Å². The minimum absolute atomic E-state index is 0.620. The van der Waals surface area contributed by atoms with Crippen molar-refractivity contribution in [2.24, 2.45) is 4.99 Å². The van der Waals surface area contributed by atoms with Crippen molar-refractivity contribution in [1.82, 2.24) is 10.6 Å². The quantitative estimate of drug-likeness (QED) is 0.631. The van der Waals surface area contributed by atoms with Crippen LogP contribution in [0.4, 0.5) is 0 Å². The van der Waals surface area contributed by atoms with Crippen molar-refractivity contribution in [1.29, 1.82) is 0 Å². The molecule has 0 fully saturated rings. The molecule has 1 aromatic heterocycles. The highest BCUT2D eigenvalue weighted by molar-refractivity contribution is 5.79. The Kier molecular flexibility index (Phi) is 5.70. The number of aliphatic imine (C=N–C) groups is 1. The zero-order chi connectivity index (χ0) is 14.9. The van der Waals surface area contributed by atoms with Gasteiger partial charge in [0.1, 0.15) is 11.5 Å². The normalized spacial score (nSPS) is 11.2. The first-order valence-electron chi connectivity index (χ1n) is 6.91. The second-order valence-electron chi connectivity index (χ2n) is 4.53. The van der Waals surface area contributed by atoms with E-state index in [1.165, 1.54) is 5.56 Å². The van der Waals surface area contributed by atoms with Gasteiger partial charge in [0, 0.05) is 13.6 Å². The average molecular weight is 287 g/mol. The number of rotatable bonds is 6. The van der Waals surface area contributed by atoms with Crippen LogP contribution in [-0.4, -0.2) is 26.7 Å². The zero-order valence-corrected chi connectivity index (χ0v) is 12.4.